The van der Waals surface area contributed by atoms with E-state index in [2.05, 4.69) is 4.74 Å². The molecule has 0 aliphatic heterocycles. The minimum atomic E-state index is -1.27. The SMILES string of the molecule is CCC(N)C(CC(=O)OC)c1cc(F)c(F)cc1F. The minimum Gasteiger partial charge on any atom is -0.469 e. The summed E-state index contributed by atoms with van der Waals surface area (Å²) in [4.78, 5) is 11.3. The maximum atomic E-state index is 13.7. The third-order valence-electron chi connectivity index (χ3n) is 3.04. The molecule has 1 aromatic rings. The van der Waals surface area contributed by atoms with E-state index in [0.717, 1.165) is 6.07 Å². The van der Waals surface area contributed by atoms with E-state index in [9.17, 15) is 18.0 Å². The van der Waals surface area contributed by atoms with Crippen LogP contribution in [0.4, 0.5) is 13.2 Å². The molecule has 0 heterocycles. The van der Waals surface area contributed by atoms with Gasteiger partial charge in [0.15, 0.2) is 11.6 Å². The van der Waals surface area contributed by atoms with E-state index in [-0.39, 0.29) is 12.0 Å². The molecule has 2 atom stereocenters. The summed E-state index contributed by atoms with van der Waals surface area (Å²) in [6.07, 6.45) is 0.271. The molecule has 1 rings (SSSR count). The van der Waals surface area contributed by atoms with Gasteiger partial charge in [0.1, 0.15) is 5.82 Å². The molecule has 0 aliphatic rings. The molecule has 3 nitrogen and oxygen atoms in total. The topological polar surface area (TPSA) is 52.3 Å². The molecular formula is C13H16F3NO2. The lowest BCUT2D eigenvalue weighted by atomic mass is 9.87. The molecule has 0 fully saturated rings. The molecule has 106 valence electrons. The normalized spacial score (nSPS) is 14.0. The summed E-state index contributed by atoms with van der Waals surface area (Å²) in [6.45, 7) is 1.76. The summed E-state index contributed by atoms with van der Waals surface area (Å²) < 4.78 is 44.3. The van der Waals surface area contributed by atoms with Crippen molar-refractivity contribution < 1.29 is 22.7 Å². The predicted molar refractivity (Wildman–Crippen MR) is 64.0 cm³/mol. The zero-order valence-electron chi connectivity index (χ0n) is 10.8. The maximum absolute atomic E-state index is 13.7. The average Bonchev–Trinajstić information content (AvgIpc) is 2.39. The third-order valence-corrected chi connectivity index (χ3v) is 3.04. The van der Waals surface area contributed by atoms with E-state index in [1.54, 1.807) is 6.92 Å². The van der Waals surface area contributed by atoms with Gasteiger partial charge >= 0.3 is 5.97 Å². The molecule has 1 aromatic carbocycles. The number of nitrogens with two attached hydrogens (primary N) is 1. The summed E-state index contributed by atoms with van der Waals surface area (Å²) in [5.74, 6) is -4.71. The van der Waals surface area contributed by atoms with Crippen LogP contribution >= 0.6 is 0 Å². The van der Waals surface area contributed by atoms with Gasteiger partial charge in [0.2, 0.25) is 0 Å². The van der Waals surface area contributed by atoms with Gasteiger partial charge in [-0.05, 0) is 18.1 Å². The van der Waals surface area contributed by atoms with Crippen molar-refractivity contribution >= 4 is 5.97 Å². The van der Waals surface area contributed by atoms with Crippen LogP contribution in [0.15, 0.2) is 12.1 Å². The summed E-state index contributed by atoms with van der Waals surface area (Å²) in [5.41, 5.74) is 5.71. The van der Waals surface area contributed by atoms with E-state index < -0.39 is 35.4 Å². The Bertz CT molecular complexity index is 465. The number of halogens is 3. The molecule has 0 spiro atoms. The Kier molecular flexibility index (Phi) is 5.35. The fourth-order valence-electron chi connectivity index (χ4n) is 1.86. The van der Waals surface area contributed by atoms with Crippen molar-refractivity contribution in [3.05, 3.63) is 35.1 Å². The fourth-order valence-corrected chi connectivity index (χ4v) is 1.86. The van der Waals surface area contributed by atoms with E-state index in [1.807, 2.05) is 0 Å². The molecule has 6 heteroatoms. The van der Waals surface area contributed by atoms with Crippen LogP contribution in [0.1, 0.15) is 31.2 Å². The molecule has 0 aromatic heterocycles. The molecule has 0 radical (unpaired) electrons. The van der Waals surface area contributed by atoms with Crippen molar-refractivity contribution in [2.24, 2.45) is 5.73 Å². The minimum absolute atomic E-state index is 0.112. The Morgan fingerprint density at radius 3 is 2.37 bits per heavy atom. The van der Waals surface area contributed by atoms with Crippen molar-refractivity contribution in [3.8, 4) is 0 Å². The number of hydrogen-bond donors (Lipinski definition) is 1. The zero-order valence-corrected chi connectivity index (χ0v) is 10.8. The highest BCUT2D eigenvalue weighted by Crippen LogP contribution is 2.28. The van der Waals surface area contributed by atoms with Gasteiger partial charge in [0.05, 0.1) is 13.5 Å². The van der Waals surface area contributed by atoms with Gasteiger partial charge in [-0.15, -0.1) is 0 Å². The van der Waals surface area contributed by atoms with Crippen LogP contribution < -0.4 is 5.73 Å². The Morgan fingerprint density at radius 1 is 1.26 bits per heavy atom. The van der Waals surface area contributed by atoms with Crippen molar-refractivity contribution in [2.75, 3.05) is 7.11 Å². The lowest BCUT2D eigenvalue weighted by Gasteiger charge is -2.23. The molecule has 0 amide bonds. The number of ether oxygens (including phenoxy) is 1. The number of methoxy groups -OCH3 is 1. The Hall–Kier alpha value is -1.56. The average molecular weight is 275 g/mol. The lowest BCUT2D eigenvalue weighted by molar-refractivity contribution is -0.141. The number of carbonyl (C=O) groups is 1. The van der Waals surface area contributed by atoms with E-state index in [1.165, 1.54) is 7.11 Å². The van der Waals surface area contributed by atoms with Gasteiger partial charge in [0, 0.05) is 18.0 Å². The van der Waals surface area contributed by atoms with Gasteiger partial charge < -0.3 is 10.5 Å². The highest BCUT2D eigenvalue weighted by Gasteiger charge is 2.26. The van der Waals surface area contributed by atoms with Gasteiger partial charge in [-0.3, -0.25) is 4.79 Å². The van der Waals surface area contributed by atoms with Gasteiger partial charge in [-0.2, -0.15) is 0 Å². The van der Waals surface area contributed by atoms with Crippen molar-refractivity contribution in [1.29, 1.82) is 0 Å². The van der Waals surface area contributed by atoms with E-state index in [0.29, 0.717) is 12.5 Å². The second kappa shape index (κ2) is 6.56. The fraction of sp³-hybridized carbons (Fsp3) is 0.462. The standard InChI is InChI=1S/C13H16F3NO2/c1-3-12(17)8(5-13(18)19-2)7-4-10(15)11(16)6-9(7)14/h4,6,8,12H,3,5,17H2,1-2H3. The molecule has 0 aliphatic carbocycles. The third kappa shape index (κ3) is 3.70. The smallest absolute Gasteiger partial charge is 0.306 e. The highest BCUT2D eigenvalue weighted by molar-refractivity contribution is 5.70. The Morgan fingerprint density at radius 2 is 1.84 bits per heavy atom. The predicted octanol–water partition coefficient (Wildman–Crippen LogP) is 2.49. The van der Waals surface area contributed by atoms with Gasteiger partial charge in [-0.1, -0.05) is 6.92 Å². The van der Waals surface area contributed by atoms with Crippen LogP contribution in [-0.2, 0) is 9.53 Å². The molecule has 2 N–H and O–H groups in total. The van der Waals surface area contributed by atoms with Crippen LogP contribution in [0.2, 0.25) is 0 Å². The van der Waals surface area contributed by atoms with Crippen molar-refractivity contribution in [3.63, 3.8) is 0 Å². The maximum Gasteiger partial charge on any atom is 0.306 e. The number of carbonyl (C=O) groups excluding carboxylic acids is 1. The van der Waals surface area contributed by atoms with E-state index >= 15 is 0 Å². The first-order valence-electron chi connectivity index (χ1n) is 5.87. The monoisotopic (exact) mass is 275 g/mol. The van der Waals surface area contributed by atoms with Crippen molar-refractivity contribution in [2.45, 2.75) is 31.7 Å². The summed E-state index contributed by atoms with van der Waals surface area (Å²) in [6, 6.07) is 0.643. The molecule has 0 saturated carbocycles. The number of rotatable bonds is 5. The first-order chi connectivity index (χ1) is 8.90. The second-order valence-corrected chi connectivity index (χ2v) is 4.25. The van der Waals surface area contributed by atoms with Crippen LogP contribution in [0.5, 0.6) is 0 Å². The quantitative estimate of drug-likeness (QED) is 0.663. The molecular weight excluding hydrogens is 259 g/mol. The Balaban J connectivity index is 3.17. The van der Waals surface area contributed by atoms with Crippen LogP contribution in [0.3, 0.4) is 0 Å². The van der Waals surface area contributed by atoms with Crippen LogP contribution in [0, 0.1) is 17.5 Å². The largest absolute Gasteiger partial charge is 0.469 e. The van der Waals surface area contributed by atoms with E-state index in [4.69, 9.17) is 5.73 Å². The van der Waals surface area contributed by atoms with Gasteiger partial charge in [0.25, 0.3) is 0 Å². The first kappa shape index (κ1) is 15.5. The summed E-state index contributed by atoms with van der Waals surface area (Å²) in [5, 5.41) is 0. The van der Waals surface area contributed by atoms with Crippen LogP contribution in [-0.4, -0.2) is 19.1 Å². The highest BCUT2D eigenvalue weighted by atomic mass is 19.2. The first-order valence-corrected chi connectivity index (χ1v) is 5.87. The summed E-state index contributed by atoms with van der Waals surface area (Å²) in [7, 11) is 1.19. The summed E-state index contributed by atoms with van der Waals surface area (Å²) >= 11 is 0. The molecule has 0 bridgehead atoms. The Labute approximate surface area is 109 Å². The second-order valence-electron chi connectivity index (χ2n) is 4.25. The number of esters is 1. The number of hydrogen-bond acceptors (Lipinski definition) is 3. The van der Waals surface area contributed by atoms with Gasteiger partial charge in [-0.25, -0.2) is 13.2 Å². The molecule has 0 saturated heterocycles. The lowest BCUT2D eigenvalue weighted by Crippen LogP contribution is -2.30. The number of benzene rings is 1. The molecule has 19 heavy (non-hydrogen) atoms. The van der Waals surface area contributed by atoms with Crippen LogP contribution in [0.25, 0.3) is 0 Å². The molecule has 2 unspecified atom stereocenters. The zero-order chi connectivity index (χ0) is 14.6. The van der Waals surface area contributed by atoms with Crippen molar-refractivity contribution in [1.82, 2.24) is 0 Å².